The fraction of sp³-hybridized carbons (Fsp3) is 0.158. The van der Waals surface area contributed by atoms with Gasteiger partial charge in [-0.25, -0.2) is 4.79 Å². The second-order valence-corrected chi connectivity index (χ2v) is 5.57. The molecule has 0 bridgehead atoms. The Balaban J connectivity index is 2.15. The zero-order valence-corrected chi connectivity index (χ0v) is 13.6. The van der Waals surface area contributed by atoms with Crippen molar-refractivity contribution in [1.29, 1.82) is 0 Å². The molecule has 0 radical (unpaired) electrons. The van der Waals surface area contributed by atoms with Crippen LogP contribution in [0.1, 0.15) is 22.8 Å². The number of aliphatic carboxylic acids is 1. The van der Waals surface area contributed by atoms with Crippen LogP contribution in [0.5, 0.6) is 5.75 Å². The monoisotopic (exact) mass is 339 g/mol. The molecule has 2 aromatic carbocycles. The molecule has 1 aromatic heterocycles. The fourth-order valence-electron chi connectivity index (χ4n) is 2.85. The van der Waals surface area contributed by atoms with Gasteiger partial charge in [-0.15, -0.1) is 0 Å². The number of ether oxygens (including phenoxy) is 1. The summed E-state index contributed by atoms with van der Waals surface area (Å²) in [5.41, 5.74) is 2.87. The maximum Gasteiger partial charge on any atom is 0.335 e. The number of hydrogen-bond acceptors (Lipinski definition) is 3. The summed E-state index contributed by atoms with van der Waals surface area (Å²) >= 11 is 0. The molecule has 0 fully saturated rings. The van der Waals surface area contributed by atoms with Crippen LogP contribution in [0.25, 0.3) is 22.2 Å². The van der Waals surface area contributed by atoms with Gasteiger partial charge in [-0.3, -0.25) is 4.79 Å². The molecule has 1 heterocycles. The Kier molecular flexibility index (Phi) is 4.43. The van der Waals surface area contributed by atoms with Crippen molar-refractivity contribution in [3.63, 3.8) is 0 Å². The van der Waals surface area contributed by atoms with Crippen molar-refractivity contribution in [3.8, 4) is 17.0 Å². The number of H-pyrrole nitrogens is 1. The number of rotatable bonds is 6. The van der Waals surface area contributed by atoms with Crippen molar-refractivity contribution >= 4 is 22.8 Å². The lowest BCUT2D eigenvalue weighted by Crippen LogP contribution is -2.01. The topological polar surface area (TPSA) is 99.6 Å². The van der Waals surface area contributed by atoms with Crippen LogP contribution in [0.2, 0.25) is 0 Å². The van der Waals surface area contributed by atoms with Gasteiger partial charge in [0.1, 0.15) is 5.75 Å². The lowest BCUT2D eigenvalue weighted by Gasteiger charge is -2.06. The summed E-state index contributed by atoms with van der Waals surface area (Å²) in [5, 5.41) is 19.0. The fourth-order valence-corrected chi connectivity index (χ4v) is 2.85. The van der Waals surface area contributed by atoms with Gasteiger partial charge in [-0.2, -0.15) is 0 Å². The highest BCUT2D eigenvalue weighted by molar-refractivity contribution is 5.99. The van der Waals surface area contributed by atoms with Crippen molar-refractivity contribution in [3.05, 3.63) is 53.6 Å². The minimum atomic E-state index is -1.05. The summed E-state index contributed by atoms with van der Waals surface area (Å²) in [5.74, 6) is -1.30. The Morgan fingerprint density at radius 2 is 1.80 bits per heavy atom. The van der Waals surface area contributed by atoms with Crippen LogP contribution in [0, 0.1) is 0 Å². The van der Waals surface area contributed by atoms with Crippen LogP contribution >= 0.6 is 0 Å². The maximum atomic E-state index is 11.3. The molecule has 0 aliphatic rings. The lowest BCUT2D eigenvalue weighted by atomic mass is 10.0. The first-order valence-electron chi connectivity index (χ1n) is 7.82. The molecule has 3 N–H and O–H groups in total. The largest absolute Gasteiger partial charge is 0.494 e. The first kappa shape index (κ1) is 16.6. The molecule has 6 heteroatoms. The zero-order chi connectivity index (χ0) is 18.0. The average Bonchev–Trinajstić information content (AvgIpc) is 2.93. The zero-order valence-electron chi connectivity index (χ0n) is 13.6. The average molecular weight is 339 g/mol. The molecule has 0 aliphatic heterocycles. The third kappa shape index (κ3) is 3.33. The van der Waals surface area contributed by atoms with Crippen molar-refractivity contribution in [2.45, 2.75) is 13.3 Å². The van der Waals surface area contributed by atoms with Gasteiger partial charge in [0.25, 0.3) is 0 Å². The normalized spacial score (nSPS) is 10.8. The number of aromatic nitrogens is 1. The van der Waals surface area contributed by atoms with Crippen LogP contribution in [0.4, 0.5) is 0 Å². The highest BCUT2D eigenvalue weighted by atomic mass is 16.5. The predicted molar refractivity (Wildman–Crippen MR) is 93.2 cm³/mol. The quantitative estimate of drug-likeness (QED) is 0.637. The van der Waals surface area contributed by atoms with Crippen molar-refractivity contribution in [2.24, 2.45) is 0 Å². The summed E-state index contributed by atoms with van der Waals surface area (Å²) in [6.07, 6.45) is -0.203. The summed E-state index contributed by atoms with van der Waals surface area (Å²) < 4.78 is 5.42. The van der Waals surface area contributed by atoms with Gasteiger partial charge in [-0.05, 0) is 60.5 Å². The van der Waals surface area contributed by atoms with Gasteiger partial charge in [-0.1, -0.05) is 0 Å². The van der Waals surface area contributed by atoms with E-state index in [2.05, 4.69) is 4.98 Å². The Labute approximate surface area is 143 Å². The van der Waals surface area contributed by atoms with Gasteiger partial charge >= 0.3 is 11.9 Å². The molecule has 128 valence electrons. The van der Waals surface area contributed by atoms with E-state index in [1.54, 1.807) is 6.07 Å². The number of fused-ring (bicyclic) bond motifs is 1. The maximum absolute atomic E-state index is 11.3. The molecule has 0 amide bonds. The minimum absolute atomic E-state index is 0.122. The van der Waals surface area contributed by atoms with Gasteiger partial charge in [0.05, 0.1) is 24.3 Å². The number of hydrogen-bond donors (Lipinski definition) is 3. The Morgan fingerprint density at radius 3 is 2.40 bits per heavy atom. The Morgan fingerprint density at radius 1 is 1.08 bits per heavy atom. The number of carboxylic acid groups (broad SMARTS) is 2. The highest BCUT2D eigenvalue weighted by Gasteiger charge is 2.17. The predicted octanol–water partition coefficient (Wildman–Crippen LogP) is 3.56. The standard InChI is InChI=1S/C19H17NO5/c1-2-25-13-6-3-11(4-7-13)18-15(10-17(21)22)14-9-12(19(23)24)5-8-16(14)20-18/h3-9,20H,2,10H2,1H3,(H,21,22)(H,23,24). The number of benzene rings is 2. The molecule has 0 saturated carbocycles. The van der Waals surface area contributed by atoms with E-state index in [0.717, 1.165) is 11.3 Å². The van der Waals surface area contributed by atoms with E-state index in [4.69, 9.17) is 4.74 Å². The Bertz CT molecular complexity index is 940. The first-order valence-corrected chi connectivity index (χ1v) is 7.82. The second-order valence-electron chi connectivity index (χ2n) is 5.57. The molecular weight excluding hydrogens is 322 g/mol. The smallest absolute Gasteiger partial charge is 0.335 e. The molecule has 6 nitrogen and oxygen atoms in total. The molecule has 0 aliphatic carbocycles. The van der Waals surface area contributed by atoms with Gasteiger partial charge < -0.3 is 19.9 Å². The van der Waals surface area contributed by atoms with Crippen LogP contribution in [0.3, 0.4) is 0 Å². The second kappa shape index (κ2) is 6.68. The van der Waals surface area contributed by atoms with E-state index < -0.39 is 11.9 Å². The molecule has 25 heavy (non-hydrogen) atoms. The first-order chi connectivity index (χ1) is 12.0. The van der Waals surface area contributed by atoms with Crippen molar-refractivity contribution < 1.29 is 24.5 Å². The minimum Gasteiger partial charge on any atom is -0.494 e. The van der Waals surface area contributed by atoms with Crippen LogP contribution in [-0.2, 0) is 11.2 Å². The van der Waals surface area contributed by atoms with E-state index in [1.807, 2.05) is 31.2 Å². The number of aromatic amines is 1. The highest BCUT2D eigenvalue weighted by Crippen LogP contribution is 2.32. The van der Waals surface area contributed by atoms with Crippen LogP contribution < -0.4 is 4.74 Å². The SMILES string of the molecule is CCOc1ccc(-c2[nH]c3ccc(C(=O)O)cc3c2CC(=O)O)cc1. The number of carboxylic acids is 2. The van der Waals surface area contributed by atoms with Gasteiger partial charge in [0, 0.05) is 10.9 Å². The molecule has 3 rings (SSSR count). The number of nitrogens with one attached hydrogen (secondary N) is 1. The lowest BCUT2D eigenvalue weighted by molar-refractivity contribution is -0.136. The van der Waals surface area contributed by atoms with E-state index in [1.165, 1.54) is 12.1 Å². The third-order valence-electron chi connectivity index (χ3n) is 3.94. The molecular formula is C19H17NO5. The molecule has 0 saturated heterocycles. The van der Waals surface area contributed by atoms with Crippen molar-refractivity contribution in [2.75, 3.05) is 6.61 Å². The van der Waals surface area contributed by atoms with E-state index >= 15 is 0 Å². The van der Waals surface area contributed by atoms with Gasteiger partial charge in [0.2, 0.25) is 0 Å². The summed E-state index contributed by atoms with van der Waals surface area (Å²) in [7, 11) is 0. The van der Waals surface area contributed by atoms with Crippen LogP contribution in [-0.4, -0.2) is 33.7 Å². The molecule has 0 spiro atoms. The van der Waals surface area contributed by atoms with E-state index in [9.17, 15) is 19.8 Å². The summed E-state index contributed by atoms with van der Waals surface area (Å²) in [6.45, 7) is 2.46. The van der Waals surface area contributed by atoms with Crippen LogP contribution in [0.15, 0.2) is 42.5 Å². The number of carbonyl (C=O) groups is 2. The molecule has 0 atom stereocenters. The molecule has 0 unspecified atom stereocenters. The third-order valence-corrected chi connectivity index (χ3v) is 3.94. The van der Waals surface area contributed by atoms with Crippen molar-refractivity contribution in [1.82, 2.24) is 4.98 Å². The van der Waals surface area contributed by atoms with Gasteiger partial charge in [0.15, 0.2) is 0 Å². The van der Waals surface area contributed by atoms with E-state index in [-0.39, 0.29) is 12.0 Å². The Hall–Kier alpha value is -3.28. The summed E-state index contributed by atoms with van der Waals surface area (Å²) in [6, 6.07) is 12.0. The summed E-state index contributed by atoms with van der Waals surface area (Å²) in [4.78, 5) is 25.7. The molecule has 3 aromatic rings. The van der Waals surface area contributed by atoms with E-state index in [0.29, 0.717) is 28.8 Å². The number of aromatic carboxylic acids is 1.